The Kier molecular flexibility index (Phi) is 5.60. The zero-order valence-electron chi connectivity index (χ0n) is 12.0. The number of nitrogens with zero attached hydrogens (tertiary/aromatic N) is 2. The van der Waals surface area contributed by atoms with Crippen LogP contribution in [-0.4, -0.2) is 72.2 Å². The van der Waals surface area contributed by atoms with Crippen LogP contribution in [0.3, 0.4) is 0 Å². The Bertz CT molecular complexity index is 286. The molecule has 0 saturated carbocycles. The van der Waals surface area contributed by atoms with E-state index in [-0.39, 0.29) is 18.1 Å². The van der Waals surface area contributed by atoms with Crippen molar-refractivity contribution in [2.24, 2.45) is 0 Å². The minimum Gasteiger partial charge on any atom is -0.390 e. The molecule has 5 nitrogen and oxygen atoms in total. The van der Waals surface area contributed by atoms with Gasteiger partial charge in [0.2, 0.25) is 5.91 Å². The average molecular weight is 269 g/mol. The van der Waals surface area contributed by atoms with Gasteiger partial charge in [-0.2, -0.15) is 0 Å². The van der Waals surface area contributed by atoms with E-state index in [9.17, 15) is 9.90 Å². The van der Waals surface area contributed by atoms with Crippen LogP contribution in [-0.2, 0) is 4.79 Å². The Labute approximate surface area is 115 Å². The van der Waals surface area contributed by atoms with Gasteiger partial charge < -0.3 is 20.2 Å². The van der Waals surface area contributed by atoms with Crippen LogP contribution in [0.5, 0.6) is 0 Å². The van der Waals surface area contributed by atoms with Gasteiger partial charge in [-0.15, -0.1) is 0 Å². The standard InChI is InChI=1S/C14H27N3O2/c1-12(14(19)17-8-4-5-9-17)15-10-13(18)11-16-6-2-3-7-16/h12-13,15,18H,2-11H2,1H3. The fraction of sp³-hybridized carbons (Fsp3) is 0.929. The Morgan fingerprint density at radius 2 is 1.74 bits per heavy atom. The Morgan fingerprint density at radius 1 is 1.16 bits per heavy atom. The van der Waals surface area contributed by atoms with Crippen LogP contribution >= 0.6 is 0 Å². The molecule has 1 amide bonds. The van der Waals surface area contributed by atoms with E-state index in [0.29, 0.717) is 6.54 Å². The topological polar surface area (TPSA) is 55.8 Å². The zero-order valence-corrected chi connectivity index (χ0v) is 12.0. The summed E-state index contributed by atoms with van der Waals surface area (Å²) in [6.07, 6.45) is 4.34. The van der Waals surface area contributed by atoms with Gasteiger partial charge >= 0.3 is 0 Å². The molecule has 5 heteroatoms. The summed E-state index contributed by atoms with van der Waals surface area (Å²) in [6, 6.07) is -0.189. The number of carbonyl (C=O) groups is 1. The van der Waals surface area contributed by atoms with E-state index < -0.39 is 0 Å². The molecule has 2 heterocycles. The molecule has 2 aliphatic rings. The molecule has 0 bridgehead atoms. The Hall–Kier alpha value is -0.650. The predicted octanol–water partition coefficient (Wildman–Crippen LogP) is 0.0436. The lowest BCUT2D eigenvalue weighted by atomic mass is 10.2. The molecule has 2 atom stereocenters. The van der Waals surface area contributed by atoms with Crippen LogP contribution < -0.4 is 5.32 Å². The first-order valence-electron chi connectivity index (χ1n) is 7.59. The molecule has 2 saturated heterocycles. The molecule has 0 aliphatic carbocycles. The average Bonchev–Trinajstić information content (AvgIpc) is 3.07. The van der Waals surface area contributed by atoms with Crippen molar-refractivity contribution in [3.05, 3.63) is 0 Å². The molecule has 2 unspecified atom stereocenters. The van der Waals surface area contributed by atoms with Crippen LogP contribution in [0.1, 0.15) is 32.6 Å². The van der Waals surface area contributed by atoms with E-state index >= 15 is 0 Å². The fourth-order valence-corrected chi connectivity index (χ4v) is 2.94. The summed E-state index contributed by atoms with van der Waals surface area (Å²) in [5, 5.41) is 13.1. The SMILES string of the molecule is CC(NCC(O)CN1CCCC1)C(=O)N1CCCC1. The largest absolute Gasteiger partial charge is 0.390 e. The number of likely N-dealkylation sites (tertiary alicyclic amines) is 2. The first-order valence-corrected chi connectivity index (χ1v) is 7.59. The minimum atomic E-state index is -0.382. The van der Waals surface area contributed by atoms with E-state index in [1.54, 1.807) is 0 Å². The maximum Gasteiger partial charge on any atom is 0.239 e. The highest BCUT2D eigenvalue weighted by Crippen LogP contribution is 2.09. The van der Waals surface area contributed by atoms with Crippen LogP contribution in [0.2, 0.25) is 0 Å². The fourth-order valence-electron chi connectivity index (χ4n) is 2.94. The van der Waals surface area contributed by atoms with Gasteiger partial charge in [-0.3, -0.25) is 4.79 Å². The third-order valence-corrected chi connectivity index (χ3v) is 4.12. The number of carbonyl (C=O) groups excluding carboxylic acids is 1. The molecule has 19 heavy (non-hydrogen) atoms. The number of hydrogen-bond acceptors (Lipinski definition) is 4. The quantitative estimate of drug-likeness (QED) is 0.715. The number of amides is 1. The first-order chi connectivity index (χ1) is 9.16. The highest BCUT2D eigenvalue weighted by atomic mass is 16.3. The van der Waals surface area contributed by atoms with Crippen LogP contribution in [0.25, 0.3) is 0 Å². The van der Waals surface area contributed by atoms with E-state index in [4.69, 9.17) is 0 Å². The second-order valence-electron chi connectivity index (χ2n) is 5.82. The molecule has 0 spiro atoms. The van der Waals surface area contributed by atoms with Gasteiger partial charge in [0.05, 0.1) is 12.1 Å². The summed E-state index contributed by atoms with van der Waals surface area (Å²) in [7, 11) is 0. The number of nitrogens with one attached hydrogen (secondary N) is 1. The maximum atomic E-state index is 12.1. The van der Waals surface area contributed by atoms with Crippen LogP contribution in [0.4, 0.5) is 0 Å². The first kappa shape index (κ1) is 14.8. The predicted molar refractivity (Wildman–Crippen MR) is 75.0 cm³/mol. The minimum absolute atomic E-state index is 0.172. The summed E-state index contributed by atoms with van der Waals surface area (Å²) in [4.78, 5) is 16.3. The van der Waals surface area contributed by atoms with Crippen molar-refractivity contribution in [3.8, 4) is 0 Å². The number of rotatable bonds is 6. The van der Waals surface area contributed by atoms with Crippen LogP contribution in [0, 0.1) is 0 Å². The summed E-state index contributed by atoms with van der Waals surface area (Å²) in [5.41, 5.74) is 0. The summed E-state index contributed by atoms with van der Waals surface area (Å²) < 4.78 is 0. The number of hydrogen-bond donors (Lipinski definition) is 2. The molecule has 0 aromatic carbocycles. The van der Waals surface area contributed by atoms with Crippen molar-refractivity contribution in [3.63, 3.8) is 0 Å². The van der Waals surface area contributed by atoms with Crippen molar-refractivity contribution < 1.29 is 9.90 Å². The van der Waals surface area contributed by atoms with Crippen molar-refractivity contribution in [1.29, 1.82) is 0 Å². The molecule has 2 N–H and O–H groups in total. The smallest absolute Gasteiger partial charge is 0.239 e. The molecule has 0 aromatic heterocycles. The van der Waals surface area contributed by atoms with Gasteiger partial charge in [-0.25, -0.2) is 0 Å². The lowest BCUT2D eigenvalue weighted by molar-refractivity contribution is -0.132. The summed E-state index contributed by atoms with van der Waals surface area (Å²) in [5.74, 6) is 0.172. The number of β-amino-alcohol motifs (C(OH)–C–C–N with tert-alkyl or cyclic N) is 1. The molecular formula is C14H27N3O2. The molecule has 2 rings (SSSR count). The second-order valence-corrected chi connectivity index (χ2v) is 5.82. The molecular weight excluding hydrogens is 242 g/mol. The Balaban J connectivity index is 1.64. The molecule has 110 valence electrons. The molecule has 2 fully saturated rings. The highest BCUT2D eigenvalue weighted by molar-refractivity contribution is 5.81. The van der Waals surface area contributed by atoms with Gasteiger partial charge in [0.1, 0.15) is 0 Å². The van der Waals surface area contributed by atoms with Crippen molar-refractivity contribution in [1.82, 2.24) is 15.1 Å². The second kappa shape index (κ2) is 7.22. The third kappa shape index (κ3) is 4.44. The van der Waals surface area contributed by atoms with E-state index in [2.05, 4.69) is 10.2 Å². The molecule has 0 radical (unpaired) electrons. The molecule has 2 aliphatic heterocycles. The van der Waals surface area contributed by atoms with Crippen molar-refractivity contribution in [2.45, 2.75) is 44.8 Å². The maximum absolute atomic E-state index is 12.1. The van der Waals surface area contributed by atoms with Gasteiger partial charge in [-0.05, 0) is 45.7 Å². The van der Waals surface area contributed by atoms with Crippen molar-refractivity contribution >= 4 is 5.91 Å². The number of aliphatic hydroxyl groups excluding tert-OH is 1. The summed E-state index contributed by atoms with van der Waals surface area (Å²) in [6.45, 7) is 7.08. The highest BCUT2D eigenvalue weighted by Gasteiger charge is 2.23. The van der Waals surface area contributed by atoms with Crippen molar-refractivity contribution in [2.75, 3.05) is 39.3 Å². The van der Waals surface area contributed by atoms with Gasteiger partial charge in [0.15, 0.2) is 0 Å². The van der Waals surface area contributed by atoms with E-state index in [1.165, 1.54) is 12.8 Å². The van der Waals surface area contributed by atoms with E-state index in [1.807, 2.05) is 11.8 Å². The monoisotopic (exact) mass is 269 g/mol. The Morgan fingerprint density at radius 3 is 2.37 bits per heavy atom. The lowest BCUT2D eigenvalue weighted by Crippen LogP contribution is -2.47. The normalized spacial score (nSPS) is 23.8. The molecule has 0 aromatic rings. The number of aliphatic hydroxyl groups is 1. The van der Waals surface area contributed by atoms with E-state index in [0.717, 1.165) is 45.6 Å². The third-order valence-electron chi connectivity index (χ3n) is 4.12. The van der Waals surface area contributed by atoms with Crippen LogP contribution in [0.15, 0.2) is 0 Å². The van der Waals surface area contributed by atoms with Gasteiger partial charge in [0, 0.05) is 26.2 Å². The van der Waals surface area contributed by atoms with Gasteiger partial charge in [-0.1, -0.05) is 0 Å². The zero-order chi connectivity index (χ0) is 13.7. The lowest BCUT2D eigenvalue weighted by Gasteiger charge is -2.24. The summed E-state index contributed by atoms with van der Waals surface area (Å²) >= 11 is 0. The van der Waals surface area contributed by atoms with Gasteiger partial charge in [0.25, 0.3) is 0 Å².